The van der Waals surface area contributed by atoms with Gasteiger partial charge in [-0.05, 0) is 6.42 Å². The Labute approximate surface area is 104 Å². The van der Waals surface area contributed by atoms with Gasteiger partial charge in [0.05, 0.1) is 12.8 Å². The van der Waals surface area contributed by atoms with Crippen molar-refractivity contribution in [2.24, 2.45) is 0 Å². The van der Waals surface area contributed by atoms with Gasteiger partial charge in [0.25, 0.3) is 0 Å². The average molecular weight is 244 g/mol. The van der Waals surface area contributed by atoms with Crippen LogP contribution in [0.3, 0.4) is 0 Å². The van der Waals surface area contributed by atoms with Crippen LogP contribution in [-0.4, -0.2) is 26.5 Å². The summed E-state index contributed by atoms with van der Waals surface area (Å²) in [7, 11) is 0. The number of fused-ring (bicyclic) bond motifs is 1. The van der Waals surface area contributed by atoms with E-state index in [0.29, 0.717) is 17.8 Å². The van der Waals surface area contributed by atoms with Crippen molar-refractivity contribution in [1.82, 2.24) is 19.9 Å². The van der Waals surface area contributed by atoms with Gasteiger partial charge in [-0.15, -0.1) is 0 Å². The van der Waals surface area contributed by atoms with Crippen LogP contribution in [0.1, 0.15) is 25.5 Å². The number of anilines is 1. The molecule has 0 spiro atoms. The molecule has 7 nitrogen and oxygen atoms in total. The maximum Gasteiger partial charge on any atom is 0.247 e. The molecule has 0 saturated heterocycles. The molecule has 0 bridgehead atoms. The number of ether oxygens (including phenoxy) is 1. The quantitative estimate of drug-likeness (QED) is 0.800. The molecular weight excluding hydrogens is 232 g/mol. The Morgan fingerprint density at radius 2 is 2.22 bits per heavy atom. The lowest BCUT2D eigenvalue weighted by Gasteiger charge is -2.07. The first-order valence-electron chi connectivity index (χ1n) is 5.57. The Bertz CT molecular complexity index is 606. The molecule has 0 unspecified atom stereocenters. The monoisotopic (exact) mass is 244 g/mol. The second-order valence-corrected chi connectivity index (χ2v) is 3.63. The summed E-state index contributed by atoms with van der Waals surface area (Å²) in [5.74, 6) is 0.351. The normalized spacial score (nSPS) is 10.2. The third-order valence-corrected chi connectivity index (χ3v) is 2.24. The van der Waals surface area contributed by atoms with Crippen LogP contribution < -0.4 is 10.5 Å². The van der Waals surface area contributed by atoms with Crippen LogP contribution in [0.4, 0.5) is 5.95 Å². The SMILES string of the molecule is CCCCOc1nc(N)nc2ncc(C#N)nc12. The van der Waals surface area contributed by atoms with Crippen LogP contribution in [0.5, 0.6) is 5.88 Å². The minimum atomic E-state index is 0.0769. The van der Waals surface area contributed by atoms with E-state index in [0.717, 1.165) is 12.8 Å². The molecule has 2 N–H and O–H groups in total. The van der Waals surface area contributed by atoms with Crippen LogP contribution >= 0.6 is 0 Å². The molecule has 0 atom stereocenters. The molecular formula is C11H12N6O. The number of rotatable bonds is 4. The highest BCUT2D eigenvalue weighted by Gasteiger charge is 2.11. The van der Waals surface area contributed by atoms with Crippen molar-refractivity contribution in [2.75, 3.05) is 12.3 Å². The topological polar surface area (TPSA) is 111 Å². The van der Waals surface area contributed by atoms with Gasteiger partial charge in [-0.2, -0.15) is 15.2 Å². The van der Waals surface area contributed by atoms with Gasteiger partial charge in [0.15, 0.2) is 16.9 Å². The molecule has 18 heavy (non-hydrogen) atoms. The average Bonchev–Trinajstić information content (AvgIpc) is 2.38. The van der Waals surface area contributed by atoms with Crippen molar-refractivity contribution >= 4 is 17.1 Å². The number of hydrogen-bond acceptors (Lipinski definition) is 7. The number of nitrogen functional groups attached to an aromatic ring is 1. The van der Waals surface area contributed by atoms with E-state index in [9.17, 15) is 0 Å². The summed E-state index contributed by atoms with van der Waals surface area (Å²) in [6.07, 6.45) is 3.25. The summed E-state index contributed by atoms with van der Waals surface area (Å²) in [5, 5.41) is 8.80. The zero-order valence-corrected chi connectivity index (χ0v) is 9.92. The van der Waals surface area contributed by atoms with Crippen LogP contribution in [0, 0.1) is 11.3 Å². The molecule has 2 heterocycles. The number of aromatic nitrogens is 4. The van der Waals surface area contributed by atoms with Crippen molar-refractivity contribution in [3.8, 4) is 11.9 Å². The summed E-state index contributed by atoms with van der Waals surface area (Å²) in [4.78, 5) is 16.0. The molecule has 0 fully saturated rings. The minimum absolute atomic E-state index is 0.0769. The van der Waals surface area contributed by atoms with Gasteiger partial charge < -0.3 is 10.5 Å². The Hall–Kier alpha value is -2.49. The molecule has 0 aromatic carbocycles. The highest BCUT2D eigenvalue weighted by atomic mass is 16.5. The lowest BCUT2D eigenvalue weighted by molar-refractivity contribution is 0.301. The molecule has 2 aromatic heterocycles. The van der Waals surface area contributed by atoms with Crippen LogP contribution in [0.2, 0.25) is 0 Å². The van der Waals surface area contributed by atoms with E-state index in [1.807, 2.05) is 6.07 Å². The molecule has 0 aliphatic heterocycles. The molecule has 7 heteroatoms. The molecule has 0 aliphatic rings. The molecule has 0 amide bonds. The molecule has 2 aromatic rings. The maximum atomic E-state index is 8.80. The number of unbranched alkanes of at least 4 members (excludes halogenated alkanes) is 1. The third kappa shape index (κ3) is 2.43. The maximum absolute atomic E-state index is 8.80. The fourth-order valence-corrected chi connectivity index (χ4v) is 1.37. The van der Waals surface area contributed by atoms with Gasteiger partial charge >= 0.3 is 0 Å². The van der Waals surface area contributed by atoms with Crippen LogP contribution in [0.25, 0.3) is 11.2 Å². The third-order valence-electron chi connectivity index (χ3n) is 2.24. The standard InChI is InChI=1S/C11H12N6O/c1-2-3-4-18-10-8-9(16-11(13)17-10)14-6-7(5-12)15-8/h6H,2-4H2,1H3,(H2,13,14,16,17). The van der Waals surface area contributed by atoms with E-state index in [2.05, 4.69) is 26.9 Å². The lowest BCUT2D eigenvalue weighted by Crippen LogP contribution is -2.05. The number of nitrogens with two attached hydrogens (primary N) is 1. The van der Waals surface area contributed by atoms with Crippen LogP contribution in [0.15, 0.2) is 6.20 Å². The highest BCUT2D eigenvalue weighted by Crippen LogP contribution is 2.20. The number of nitrogens with zero attached hydrogens (tertiary/aromatic N) is 5. The molecule has 0 radical (unpaired) electrons. The first kappa shape index (κ1) is 12.0. The van der Waals surface area contributed by atoms with E-state index in [-0.39, 0.29) is 17.5 Å². The summed E-state index contributed by atoms with van der Waals surface area (Å²) in [5.41, 5.74) is 6.44. The van der Waals surface area contributed by atoms with Crippen molar-refractivity contribution in [2.45, 2.75) is 19.8 Å². The van der Waals surface area contributed by atoms with Gasteiger partial charge in [0, 0.05) is 0 Å². The summed E-state index contributed by atoms with van der Waals surface area (Å²) < 4.78 is 5.50. The zero-order chi connectivity index (χ0) is 13.0. The smallest absolute Gasteiger partial charge is 0.247 e. The summed E-state index contributed by atoms with van der Waals surface area (Å²) in [6, 6.07) is 1.91. The van der Waals surface area contributed by atoms with Crippen molar-refractivity contribution < 1.29 is 4.74 Å². The van der Waals surface area contributed by atoms with Gasteiger partial charge in [-0.1, -0.05) is 13.3 Å². The van der Waals surface area contributed by atoms with E-state index < -0.39 is 0 Å². The Morgan fingerprint density at radius 3 is 2.94 bits per heavy atom. The van der Waals surface area contributed by atoms with Crippen molar-refractivity contribution in [3.63, 3.8) is 0 Å². The fourth-order valence-electron chi connectivity index (χ4n) is 1.37. The van der Waals surface area contributed by atoms with Gasteiger partial charge in [0.1, 0.15) is 6.07 Å². The largest absolute Gasteiger partial charge is 0.476 e. The highest BCUT2D eigenvalue weighted by molar-refractivity contribution is 5.76. The lowest BCUT2D eigenvalue weighted by atomic mass is 10.4. The first-order valence-corrected chi connectivity index (χ1v) is 5.57. The summed E-state index contributed by atoms with van der Waals surface area (Å²) >= 11 is 0. The van der Waals surface area contributed by atoms with Gasteiger partial charge in [-0.25, -0.2) is 9.97 Å². The second-order valence-electron chi connectivity index (χ2n) is 3.63. The first-order chi connectivity index (χ1) is 8.74. The zero-order valence-electron chi connectivity index (χ0n) is 9.92. The predicted molar refractivity (Wildman–Crippen MR) is 64.7 cm³/mol. The van der Waals surface area contributed by atoms with Gasteiger partial charge in [0.2, 0.25) is 11.8 Å². The Kier molecular flexibility index (Phi) is 3.48. The second kappa shape index (κ2) is 5.23. The fraction of sp³-hybridized carbons (Fsp3) is 0.364. The molecule has 92 valence electrons. The predicted octanol–water partition coefficient (Wildman–Crippen LogP) is 1.05. The Balaban J connectivity index is 2.45. The van der Waals surface area contributed by atoms with Gasteiger partial charge in [-0.3, -0.25) is 0 Å². The van der Waals surface area contributed by atoms with E-state index in [4.69, 9.17) is 15.7 Å². The number of nitriles is 1. The van der Waals surface area contributed by atoms with E-state index in [1.54, 1.807) is 0 Å². The number of hydrogen-bond donors (Lipinski definition) is 1. The van der Waals surface area contributed by atoms with E-state index in [1.165, 1.54) is 6.20 Å². The van der Waals surface area contributed by atoms with Crippen LogP contribution in [-0.2, 0) is 0 Å². The minimum Gasteiger partial charge on any atom is -0.476 e. The molecule has 0 saturated carbocycles. The molecule has 2 rings (SSSR count). The van der Waals surface area contributed by atoms with Crippen molar-refractivity contribution in [1.29, 1.82) is 5.26 Å². The van der Waals surface area contributed by atoms with E-state index >= 15 is 0 Å². The van der Waals surface area contributed by atoms with Crippen molar-refractivity contribution in [3.05, 3.63) is 11.9 Å². The summed E-state index contributed by atoms with van der Waals surface area (Å²) in [6.45, 7) is 2.57. The molecule has 0 aliphatic carbocycles. The Morgan fingerprint density at radius 1 is 1.39 bits per heavy atom.